The SMILES string of the molecule is CCN=C1CCC2CC2CC/C1=N/N. The third kappa shape index (κ3) is 1.97. The maximum atomic E-state index is 5.41. The van der Waals surface area contributed by atoms with Crippen molar-refractivity contribution in [1.82, 2.24) is 0 Å². The number of hydrogen-bond donors (Lipinski definition) is 1. The highest BCUT2D eigenvalue weighted by molar-refractivity contribution is 6.42. The van der Waals surface area contributed by atoms with Gasteiger partial charge in [-0.1, -0.05) is 0 Å². The lowest BCUT2D eigenvalue weighted by Crippen LogP contribution is -2.19. The van der Waals surface area contributed by atoms with E-state index in [4.69, 9.17) is 5.84 Å². The Morgan fingerprint density at radius 2 is 1.86 bits per heavy atom. The second-order valence-electron chi connectivity index (χ2n) is 4.33. The van der Waals surface area contributed by atoms with Crippen LogP contribution in [-0.2, 0) is 0 Å². The molecule has 0 aliphatic heterocycles. The van der Waals surface area contributed by atoms with Crippen molar-refractivity contribution in [3.8, 4) is 0 Å². The van der Waals surface area contributed by atoms with Crippen molar-refractivity contribution in [2.75, 3.05) is 6.54 Å². The van der Waals surface area contributed by atoms with Gasteiger partial charge in [0.25, 0.3) is 0 Å². The standard InChI is InChI=1S/C11H19N3/c1-2-13-10-5-3-8-7-9(8)4-6-11(10)14-12/h8-9H,2-7,12H2,1H3/b13-10?,14-11-. The van der Waals surface area contributed by atoms with Gasteiger partial charge in [-0.3, -0.25) is 4.99 Å². The van der Waals surface area contributed by atoms with E-state index in [2.05, 4.69) is 17.0 Å². The molecule has 78 valence electrons. The molecule has 2 N–H and O–H groups in total. The molecule has 0 amide bonds. The lowest BCUT2D eigenvalue weighted by molar-refractivity contribution is 0.623. The summed E-state index contributed by atoms with van der Waals surface area (Å²) in [7, 11) is 0. The van der Waals surface area contributed by atoms with Crippen LogP contribution in [0.4, 0.5) is 0 Å². The van der Waals surface area contributed by atoms with Gasteiger partial charge in [-0.15, -0.1) is 0 Å². The van der Waals surface area contributed by atoms with Crippen LogP contribution in [0.5, 0.6) is 0 Å². The third-order valence-corrected chi connectivity index (χ3v) is 3.41. The summed E-state index contributed by atoms with van der Waals surface area (Å²) >= 11 is 0. The van der Waals surface area contributed by atoms with Crippen molar-refractivity contribution >= 4 is 11.4 Å². The minimum absolute atomic E-state index is 0.850. The van der Waals surface area contributed by atoms with Crippen molar-refractivity contribution in [1.29, 1.82) is 0 Å². The molecule has 2 saturated carbocycles. The lowest BCUT2D eigenvalue weighted by Gasteiger charge is -2.12. The number of aliphatic imine (C=N–C) groups is 1. The average Bonchev–Trinajstić information content (AvgIpc) is 2.90. The van der Waals surface area contributed by atoms with E-state index in [9.17, 15) is 0 Å². The monoisotopic (exact) mass is 193 g/mol. The highest BCUT2D eigenvalue weighted by atomic mass is 15.1. The van der Waals surface area contributed by atoms with Crippen LogP contribution in [0.25, 0.3) is 0 Å². The zero-order chi connectivity index (χ0) is 9.97. The summed E-state index contributed by atoms with van der Waals surface area (Å²) in [6.45, 7) is 2.92. The van der Waals surface area contributed by atoms with Crippen molar-refractivity contribution in [3.63, 3.8) is 0 Å². The summed E-state index contributed by atoms with van der Waals surface area (Å²) in [6.07, 6.45) is 6.12. The molecule has 0 heterocycles. The van der Waals surface area contributed by atoms with Gasteiger partial charge < -0.3 is 5.84 Å². The molecule has 2 fully saturated rings. The molecule has 2 atom stereocenters. The molecule has 0 aromatic rings. The van der Waals surface area contributed by atoms with Gasteiger partial charge in [-0.2, -0.15) is 5.10 Å². The van der Waals surface area contributed by atoms with E-state index in [0.717, 1.165) is 36.9 Å². The number of nitrogens with zero attached hydrogens (tertiary/aromatic N) is 2. The average molecular weight is 193 g/mol. The van der Waals surface area contributed by atoms with E-state index in [1.54, 1.807) is 0 Å². The maximum Gasteiger partial charge on any atom is 0.0810 e. The molecule has 3 heteroatoms. The molecule has 0 aromatic carbocycles. The van der Waals surface area contributed by atoms with E-state index >= 15 is 0 Å². The van der Waals surface area contributed by atoms with Crippen molar-refractivity contribution < 1.29 is 0 Å². The summed E-state index contributed by atoms with van der Waals surface area (Å²) in [5.74, 6) is 7.36. The van der Waals surface area contributed by atoms with Crippen LogP contribution in [0, 0.1) is 11.8 Å². The smallest absolute Gasteiger partial charge is 0.0810 e. The second-order valence-corrected chi connectivity index (χ2v) is 4.33. The Morgan fingerprint density at radius 3 is 2.43 bits per heavy atom. The zero-order valence-corrected chi connectivity index (χ0v) is 8.87. The molecule has 0 radical (unpaired) electrons. The highest BCUT2D eigenvalue weighted by Crippen LogP contribution is 2.46. The molecule has 0 bridgehead atoms. The van der Waals surface area contributed by atoms with E-state index < -0.39 is 0 Å². The highest BCUT2D eigenvalue weighted by Gasteiger charge is 2.38. The maximum absolute atomic E-state index is 5.41. The molecule has 14 heavy (non-hydrogen) atoms. The Kier molecular flexibility index (Phi) is 2.85. The Labute approximate surface area is 85.5 Å². The normalized spacial score (nSPS) is 37.8. The Hall–Kier alpha value is -0.860. The van der Waals surface area contributed by atoms with Gasteiger partial charge in [0.2, 0.25) is 0 Å². The number of hydrazone groups is 1. The first-order chi connectivity index (χ1) is 6.85. The van der Waals surface area contributed by atoms with Crippen LogP contribution < -0.4 is 5.84 Å². The fourth-order valence-corrected chi connectivity index (χ4v) is 2.45. The first-order valence-corrected chi connectivity index (χ1v) is 5.65. The van der Waals surface area contributed by atoms with Gasteiger partial charge in [-0.25, -0.2) is 0 Å². The zero-order valence-electron chi connectivity index (χ0n) is 8.87. The van der Waals surface area contributed by atoms with Crippen LogP contribution in [0.3, 0.4) is 0 Å². The Balaban J connectivity index is 2.07. The molecule has 3 nitrogen and oxygen atoms in total. The van der Waals surface area contributed by atoms with Crippen molar-refractivity contribution in [2.45, 2.75) is 39.0 Å². The van der Waals surface area contributed by atoms with Gasteiger partial charge in [0.15, 0.2) is 0 Å². The van der Waals surface area contributed by atoms with E-state index in [0.29, 0.717) is 0 Å². The molecule has 2 aliphatic carbocycles. The van der Waals surface area contributed by atoms with Crippen molar-refractivity contribution in [3.05, 3.63) is 0 Å². The fourth-order valence-electron chi connectivity index (χ4n) is 2.45. The van der Waals surface area contributed by atoms with Gasteiger partial charge in [0.05, 0.1) is 11.4 Å². The number of hydrogen-bond acceptors (Lipinski definition) is 3. The summed E-state index contributed by atoms with van der Waals surface area (Å²) in [4.78, 5) is 4.50. The Morgan fingerprint density at radius 1 is 1.21 bits per heavy atom. The summed E-state index contributed by atoms with van der Waals surface area (Å²) in [5, 5.41) is 3.89. The quantitative estimate of drug-likeness (QED) is 0.502. The van der Waals surface area contributed by atoms with Gasteiger partial charge in [0.1, 0.15) is 0 Å². The number of rotatable bonds is 1. The second kappa shape index (κ2) is 4.11. The van der Waals surface area contributed by atoms with Gasteiger partial charge in [-0.05, 0) is 50.9 Å². The molecule has 2 unspecified atom stereocenters. The van der Waals surface area contributed by atoms with Crippen LogP contribution in [0.15, 0.2) is 10.1 Å². The summed E-state index contributed by atoms with van der Waals surface area (Å²) < 4.78 is 0. The largest absolute Gasteiger partial charge is 0.323 e. The first kappa shape index (κ1) is 9.69. The number of nitrogens with two attached hydrogens (primary N) is 1. The predicted octanol–water partition coefficient (Wildman–Crippen LogP) is 1.97. The summed E-state index contributed by atoms with van der Waals surface area (Å²) in [5.41, 5.74) is 2.22. The van der Waals surface area contributed by atoms with Gasteiger partial charge >= 0.3 is 0 Å². The predicted molar refractivity (Wildman–Crippen MR) is 59.7 cm³/mol. The molecule has 0 saturated heterocycles. The van der Waals surface area contributed by atoms with E-state index in [-0.39, 0.29) is 0 Å². The van der Waals surface area contributed by atoms with Gasteiger partial charge in [0, 0.05) is 6.54 Å². The minimum Gasteiger partial charge on any atom is -0.323 e. The first-order valence-electron chi connectivity index (χ1n) is 5.65. The molecule has 0 spiro atoms. The lowest BCUT2D eigenvalue weighted by atomic mass is 9.97. The number of fused-ring (bicyclic) bond motifs is 1. The van der Waals surface area contributed by atoms with E-state index in [1.807, 2.05) is 0 Å². The molecule has 2 rings (SSSR count). The van der Waals surface area contributed by atoms with Crippen LogP contribution in [-0.4, -0.2) is 18.0 Å². The topological polar surface area (TPSA) is 50.7 Å². The summed E-state index contributed by atoms with van der Waals surface area (Å²) in [6, 6.07) is 0. The van der Waals surface area contributed by atoms with Crippen molar-refractivity contribution in [2.24, 2.45) is 27.8 Å². The fraction of sp³-hybridized carbons (Fsp3) is 0.818. The van der Waals surface area contributed by atoms with Crippen LogP contribution in [0.1, 0.15) is 39.0 Å². The third-order valence-electron chi connectivity index (χ3n) is 3.41. The molecule has 0 aromatic heterocycles. The molecular formula is C11H19N3. The van der Waals surface area contributed by atoms with Crippen LogP contribution in [0.2, 0.25) is 0 Å². The Bertz CT molecular complexity index is 268. The van der Waals surface area contributed by atoms with E-state index in [1.165, 1.54) is 25.0 Å². The minimum atomic E-state index is 0.850. The molecule has 2 aliphatic rings. The van der Waals surface area contributed by atoms with Crippen LogP contribution >= 0.6 is 0 Å². The molecular weight excluding hydrogens is 174 g/mol.